The van der Waals surface area contributed by atoms with E-state index in [2.05, 4.69) is 5.32 Å². The Kier molecular flexibility index (Phi) is 9.54. The molecule has 0 bridgehead atoms. The molecule has 2 aromatic carbocycles. The van der Waals surface area contributed by atoms with Crippen LogP contribution in [0.5, 0.6) is 0 Å². The van der Waals surface area contributed by atoms with Gasteiger partial charge in [-0.3, -0.25) is 13.9 Å². The molecule has 1 aliphatic rings. The van der Waals surface area contributed by atoms with Crippen LogP contribution in [0.4, 0.5) is 5.69 Å². The van der Waals surface area contributed by atoms with E-state index in [0.29, 0.717) is 18.7 Å². The fraction of sp³-hybridized carbons (Fsp3) is 0.500. The number of hydrogen-bond acceptors (Lipinski definition) is 4. The summed E-state index contributed by atoms with van der Waals surface area (Å²) in [6.07, 6.45) is 5.86. The van der Waals surface area contributed by atoms with Gasteiger partial charge in [0.15, 0.2) is 0 Å². The Bertz CT molecular complexity index is 1140. The molecule has 7 nitrogen and oxygen atoms in total. The second-order valence-corrected chi connectivity index (χ2v) is 11.7. The molecule has 0 spiro atoms. The summed E-state index contributed by atoms with van der Waals surface area (Å²) >= 11 is 0. The molecule has 1 aliphatic carbocycles. The molecule has 1 atom stereocenters. The highest BCUT2D eigenvalue weighted by Crippen LogP contribution is 2.25. The van der Waals surface area contributed by atoms with Crippen molar-refractivity contribution in [1.82, 2.24) is 10.2 Å². The van der Waals surface area contributed by atoms with Gasteiger partial charge in [0, 0.05) is 25.6 Å². The molecule has 1 fully saturated rings. The summed E-state index contributed by atoms with van der Waals surface area (Å²) in [6, 6.07) is 14.8. The molecule has 196 valence electrons. The Labute approximate surface area is 215 Å². The first-order valence-electron chi connectivity index (χ1n) is 12.8. The third kappa shape index (κ3) is 7.32. The Hall–Kier alpha value is -2.87. The number of nitrogens with zero attached hydrogens (tertiary/aromatic N) is 2. The van der Waals surface area contributed by atoms with Gasteiger partial charge >= 0.3 is 0 Å². The maximum atomic E-state index is 13.4. The predicted molar refractivity (Wildman–Crippen MR) is 144 cm³/mol. The normalized spacial score (nSPS) is 14.9. The first-order valence-corrected chi connectivity index (χ1v) is 14.6. The van der Waals surface area contributed by atoms with E-state index in [1.165, 1.54) is 10.6 Å². The summed E-state index contributed by atoms with van der Waals surface area (Å²) in [7, 11) is -3.52. The first kappa shape index (κ1) is 27.7. The third-order valence-electron chi connectivity index (χ3n) is 7.06. The number of aryl methyl sites for hydroxylation is 1. The van der Waals surface area contributed by atoms with Gasteiger partial charge in [-0.25, -0.2) is 8.42 Å². The van der Waals surface area contributed by atoms with E-state index in [1.807, 2.05) is 56.3 Å². The molecule has 0 unspecified atom stereocenters. The minimum atomic E-state index is -3.52. The van der Waals surface area contributed by atoms with Crippen molar-refractivity contribution >= 4 is 27.5 Å². The van der Waals surface area contributed by atoms with E-state index >= 15 is 0 Å². The Balaban J connectivity index is 1.72. The van der Waals surface area contributed by atoms with Crippen molar-refractivity contribution in [3.8, 4) is 0 Å². The molecule has 0 aromatic heterocycles. The number of sulfonamides is 1. The van der Waals surface area contributed by atoms with Gasteiger partial charge in [-0.05, 0) is 62.8 Å². The van der Waals surface area contributed by atoms with Crippen molar-refractivity contribution in [2.24, 2.45) is 0 Å². The smallest absolute Gasteiger partial charge is 0.242 e. The van der Waals surface area contributed by atoms with Crippen LogP contribution in [-0.2, 0) is 26.2 Å². The minimum absolute atomic E-state index is 0.140. The fourth-order valence-electron chi connectivity index (χ4n) is 4.74. The number of anilines is 1. The maximum absolute atomic E-state index is 13.4. The molecule has 0 heterocycles. The molecule has 0 saturated heterocycles. The third-order valence-corrected chi connectivity index (χ3v) is 8.24. The lowest BCUT2D eigenvalue weighted by Crippen LogP contribution is -2.49. The largest absolute Gasteiger partial charge is 0.352 e. The molecule has 2 amide bonds. The predicted octanol–water partition coefficient (Wildman–Crippen LogP) is 4.33. The van der Waals surface area contributed by atoms with Gasteiger partial charge in [0.2, 0.25) is 21.8 Å². The van der Waals surface area contributed by atoms with Crippen molar-refractivity contribution in [3.05, 3.63) is 65.2 Å². The number of benzene rings is 2. The lowest BCUT2D eigenvalue weighted by atomic mass is 10.1. The SMILES string of the molecule is Cc1cccc(N(CCCC(=O)N(Cc2ccccc2)[C@@H](C)C(=O)NC2CCCC2)S(C)(=O)=O)c1C. The standard InChI is InChI=1S/C28H39N3O4S/c1-21-12-10-17-26(22(21)2)31(36(4,34)35)19-11-18-27(32)30(20-24-13-6-5-7-14-24)23(3)28(33)29-25-15-8-9-16-25/h5-7,10,12-14,17,23,25H,8-9,11,15-16,18-20H2,1-4H3,(H,29,33)/t23-/m0/s1. The Morgan fingerprint density at radius 3 is 2.33 bits per heavy atom. The van der Waals surface area contributed by atoms with E-state index in [0.717, 1.165) is 42.4 Å². The highest BCUT2D eigenvalue weighted by atomic mass is 32.2. The van der Waals surface area contributed by atoms with Crippen LogP contribution in [-0.4, -0.2) is 50.0 Å². The molecular formula is C28H39N3O4S. The summed E-state index contributed by atoms with van der Waals surface area (Å²) in [5.74, 6) is -0.304. The second kappa shape index (κ2) is 12.4. The van der Waals surface area contributed by atoms with Crippen LogP contribution < -0.4 is 9.62 Å². The number of rotatable bonds is 11. The zero-order valence-electron chi connectivity index (χ0n) is 21.9. The van der Waals surface area contributed by atoms with Crippen LogP contribution in [0, 0.1) is 13.8 Å². The molecule has 0 aliphatic heterocycles. The second-order valence-electron chi connectivity index (χ2n) is 9.83. The van der Waals surface area contributed by atoms with Crippen LogP contribution in [0.3, 0.4) is 0 Å². The van der Waals surface area contributed by atoms with Crippen molar-refractivity contribution in [2.45, 2.75) is 77.9 Å². The number of nitrogens with one attached hydrogen (secondary N) is 1. The van der Waals surface area contributed by atoms with Crippen LogP contribution in [0.25, 0.3) is 0 Å². The maximum Gasteiger partial charge on any atom is 0.242 e. The summed E-state index contributed by atoms with van der Waals surface area (Å²) < 4.78 is 26.5. The summed E-state index contributed by atoms with van der Waals surface area (Å²) in [5, 5.41) is 3.11. The van der Waals surface area contributed by atoms with Crippen LogP contribution >= 0.6 is 0 Å². The highest BCUT2D eigenvalue weighted by molar-refractivity contribution is 7.92. The average molecular weight is 514 g/mol. The monoisotopic (exact) mass is 513 g/mol. The molecule has 8 heteroatoms. The summed E-state index contributed by atoms with van der Waals surface area (Å²) in [5.41, 5.74) is 3.49. The molecular weight excluding hydrogens is 474 g/mol. The van der Waals surface area contributed by atoms with E-state index in [4.69, 9.17) is 0 Å². The van der Waals surface area contributed by atoms with Crippen molar-refractivity contribution in [2.75, 3.05) is 17.1 Å². The zero-order chi connectivity index (χ0) is 26.3. The van der Waals surface area contributed by atoms with Crippen molar-refractivity contribution in [3.63, 3.8) is 0 Å². The van der Waals surface area contributed by atoms with Gasteiger partial charge in [-0.1, -0.05) is 55.3 Å². The van der Waals surface area contributed by atoms with Gasteiger partial charge in [-0.2, -0.15) is 0 Å². The molecule has 3 rings (SSSR count). The van der Waals surface area contributed by atoms with Crippen molar-refractivity contribution < 1.29 is 18.0 Å². The van der Waals surface area contributed by atoms with Gasteiger partial charge in [0.05, 0.1) is 11.9 Å². The molecule has 0 radical (unpaired) electrons. The van der Waals surface area contributed by atoms with Gasteiger partial charge < -0.3 is 10.2 Å². The van der Waals surface area contributed by atoms with E-state index in [9.17, 15) is 18.0 Å². The number of carbonyl (C=O) groups excluding carboxylic acids is 2. The molecule has 2 aromatic rings. The molecule has 1 N–H and O–H groups in total. The quantitative estimate of drug-likeness (QED) is 0.485. The van der Waals surface area contributed by atoms with Gasteiger partial charge in [0.25, 0.3) is 0 Å². The van der Waals surface area contributed by atoms with Crippen molar-refractivity contribution in [1.29, 1.82) is 0 Å². The van der Waals surface area contributed by atoms with E-state index in [-0.39, 0.29) is 30.8 Å². The fourth-order valence-corrected chi connectivity index (χ4v) is 5.76. The Morgan fingerprint density at radius 2 is 1.69 bits per heavy atom. The van der Waals surface area contributed by atoms with Gasteiger partial charge in [-0.15, -0.1) is 0 Å². The molecule has 1 saturated carbocycles. The van der Waals surface area contributed by atoms with Crippen LogP contribution in [0.2, 0.25) is 0 Å². The average Bonchev–Trinajstić information content (AvgIpc) is 3.35. The van der Waals surface area contributed by atoms with Crippen LogP contribution in [0.1, 0.15) is 62.1 Å². The number of hydrogen-bond donors (Lipinski definition) is 1. The number of carbonyl (C=O) groups is 2. The highest BCUT2D eigenvalue weighted by Gasteiger charge is 2.29. The number of amides is 2. The lowest BCUT2D eigenvalue weighted by Gasteiger charge is -2.30. The van der Waals surface area contributed by atoms with E-state index < -0.39 is 16.1 Å². The first-order chi connectivity index (χ1) is 17.1. The van der Waals surface area contributed by atoms with E-state index in [1.54, 1.807) is 17.9 Å². The topological polar surface area (TPSA) is 86.8 Å². The minimum Gasteiger partial charge on any atom is -0.352 e. The van der Waals surface area contributed by atoms with Crippen LogP contribution in [0.15, 0.2) is 48.5 Å². The zero-order valence-corrected chi connectivity index (χ0v) is 22.7. The Morgan fingerprint density at radius 1 is 1.03 bits per heavy atom. The van der Waals surface area contributed by atoms with Gasteiger partial charge in [0.1, 0.15) is 6.04 Å². The summed E-state index contributed by atoms with van der Waals surface area (Å²) in [4.78, 5) is 28.0. The summed E-state index contributed by atoms with van der Waals surface area (Å²) in [6.45, 7) is 6.13. The lowest BCUT2D eigenvalue weighted by molar-refractivity contribution is -0.141. The molecule has 36 heavy (non-hydrogen) atoms.